The van der Waals surface area contributed by atoms with Gasteiger partial charge in [0, 0.05) is 0 Å². The van der Waals surface area contributed by atoms with Crippen molar-refractivity contribution in [3.05, 3.63) is 54.0 Å². The smallest absolute Gasteiger partial charge is 0.258 e. The number of aliphatic hydroxyl groups is 1. The van der Waals surface area contributed by atoms with Gasteiger partial charge in [-0.25, -0.2) is 0 Å². The predicted octanol–water partition coefficient (Wildman–Crippen LogP) is 2.03. The predicted molar refractivity (Wildman–Crippen MR) is 73.1 cm³/mol. The third-order valence-electron chi connectivity index (χ3n) is 2.75. The zero-order chi connectivity index (χ0) is 14.4. The molecule has 2 aromatic rings. The quantitative estimate of drug-likeness (QED) is 0.846. The maximum Gasteiger partial charge on any atom is 0.258 e. The van der Waals surface area contributed by atoms with Crippen LogP contribution in [0.25, 0.3) is 0 Å². The van der Waals surface area contributed by atoms with Gasteiger partial charge in [0.2, 0.25) is 0 Å². The van der Waals surface area contributed by atoms with Gasteiger partial charge in [0.25, 0.3) is 5.91 Å². The molecule has 2 N–H and O–H groups in total. The minimum atomic E-state index is -0.564. The highest BCUT2D eigenvalue weighted by Gasteiger charge is 2.06. The number of rotatable bonds is 6. The molecule has 0 spiro atoms. The lowest BCUT2D eigenvalue weighted by Gasteiger charge is -2.09. The number of ether oxygens (including phenoxy) is 1. The number of aliphatic hydroxyl groups excluding tert-OH is 1. The summed E-state index contributed by atoms with van der Waals surface area (Å²) in [6, 6.07) is 10.6. The van der Waals surface area contributed by atoms with Crippen LogP contribution in [0.5, 0.6) is 5.75 Å². The molecule has 1 atom stereocenters. The van der Waals surface area contributed by atoms with E-state index in [2.05, 4.69) is 5.32 Å². The molecule has 1 unspecified atom stereocenters. The number of furan rings is 1. The molecule has 2 rings (SSSR count). The lowest BCUT2D eigenvalue weighted by molar-refractivity contribution is -0.123. The van der Waals surface area contributed by atoms with Crippen molar-refractivity contribution < 1.29 is 19.1 Å². The van der Waals surface area contributed by atoms with Crippen molar-refractivity contribution in [2.75, 3.05) is 6.61 Å². The van der Waals surface area contributed by atoms with Gasteiger partial charge >= 0.3 is 0 Å². The van der Waals surface area contributed by atoms with E-state index < -0.39 is 6.10 Å². The van der Waals surface area contributed by atoms with E-state index in [1.54, 1.807) is 49.6 Å². The van der Waals surface area contributed by atoms with Crippen molar-refractivity contribution in [1.82, 2.24) is 5.32 Å². The summed E-state index contributed by atoms with van der Waals surface area (Å²) in [5.41, 5.74) is 0.749. The lowest BCUT2D eigenvalue weighted by Crippen LogP contribution is -2.28. The number of amides is 1. The molecular weight excluding hydrogens is 258 g/mol. The van der Waals surface area contributed by atoms with Crippen LogP contribution in [-0.4, -0.2) is 17.6 Å². The molecule has 1 heterocycles. The van der Waals surface area contributed by atoms with Gasteiger partial charge in [-0.15, -0.1) is 0 Å². The molecule has 0 aliphatic heterocycles. The minimum absolute atomic E-state index is 0.0794. The molecule has 1 aromatic heterocycles. The second-order valence-electron chi connectivity index (χ2n) is 4.39. The molecule has 20 heavy (non-hydrogen) atoms. The van der Waals surface area contributed by atoms with Crippen LogP contribution in [0.1, 0.15) is 24.4 Å². The molecule has 1 aromatic carbocycles. The monoisotopic (exact) mass is 275 g/mol. The number of nitrogens with one attached hydrogen (secondary N) is 1. The van der Waals surface area contributed by atoms with Crippen molar-refractivity contribution >= 4 is 5.91 Å². The summed E-state index contributed by atoms with van der Waals surface area (Å²) in [5, 5.41) is 12.2. The van der Waals surface area contributed by atoms with Gasteiger partial charge in [-0.05, 0) is 36.8 Å². The number of carbonyl (C=O) groups is 1. The van der Waals surface area contributed by atoms with E-state index in [1.807, 2.05) is 0 Å². The third-order valence-corrected chi connectivity index (χ3v) is 2.75. The number of hydrogen-bond donors (Lipinski definition) is 2. The Balaban J connectivity index is 1.79. The second-order valence-corrected chi connectivity index (χ2v) is 4.39. The van der Waals surface area contributed by atoms with Gasteiger partial charge in [0.1, 0.15) is 11.5 Å². The second kappa shape index (κ2) is 6.77. The van der Waals surface area contributed by atoms with Crippen LogP contribution in [0, 0.1) is 0 Å². The Morgan fingerprint density at radius 3 is 2.95 bits per heavy atom. The Morgan fingerprint density at radius 1 is 1.40 bits per heavy atom. The SMILES string of the molecule is CC(O)c1cccc(OCC(=O)NCc2ccco2)c1. The lowest BCUT2D eigenvalue weighted by atomic mass is 10.1. The number of carbonyl (C=O) groups excluding carboxylic acids is 1. The Kier molecular flexibility index (Phi) is 4.79. The van der Waals surface area contributed by atoms with Crippen LogP contribution < -0.4 is 10.1 Å². The molecule has 0 aliphatic carbocycles. The molecule has 5 heteroatoms. The standard InChI is InChI=1S/C15H17NO4/c1-11(17)12-4-2-5-13(8-12)20-10-15(18)16-9-14-6-3-7-19-14/h2-8,11,17H,9-10H2,1H3,(H,16,18). The molecule has 106 valence electrons. The van der Waals surface area contributed by atoms with Crippen molar-refractivity contribution in [3.63, 3.8) is 0 Å². The molecule has 0 saturated heterocycles. The van der Waals surface area contributed by atoms with E-state index in [9.17, 15) is 9.90 Å². The normalized spacial score (nSPS) is 11.9. The van der Waals surface area contributed by atoms with E-state index in [4.69, 9.17) is 9.15 Å². The Labute approximate surface area is 117 Å². The average molecular weight is 275 g/mol. The van der Waals surface area contributed by atoms with E-state index in [0.29, 0.717) is 18.1 Å². The van der Waals surface area contributed by atoms with Crippen molar-refractivity contribution in [2.24, 2.45) is 0 Å². The first-order chi connectivity index (χ1) is 9.65. The average Bonchev–Trinajstić information content (AvgIpc) is 2.96. The van der Waals surface area contributed by atoms with Gasteiger partial charge in [-0.1, -0.05) is 12.1 Å². The van der Waals surface area contributed by atoms with Crippen LogP contribution in [0.3, 0.4) is 0 Å². The van der Waals surface area contributed by atoms with Crippen molar-refractivity contribution in [3.8, 4) is 5.75 Å². The fourth-order valence-corrected chi connectivity index (χ4v) is 1.66. The van der Waals surface area contributed by atoms with Gasteiger partial charge in [-0.2, -0.15) is 0 Å². The van der Waals surface area contributed by atoms with Crippen LogP contribution in [0.15, 0.2) is 47.1 Å². The summed E-state index contributed by atoms with van der Waals surface area (Å²) >= 11 is 0. The third kappa shape index (κ3) is 4.13. The summed E-state index contributed by atoms with van der Waals surface area (Å²) in [6.07, 6.45) is 0.992. The maximum atomic E-state index is 11.6. The Morgan fingerprint density at radius 2 is 2.25 bits per heavy atom. The molecule has 0 radical (unpaired) electrons. The Bertz CT molecular complexity index is 549. The van der Waals surface area contributed by atoms with Crippen LogP contribution in [-0.2, 0) is 11.3 Å². The van der Waals surface area contributed by atoms with Gasteiger partial charge < -0.3 is 19.6 Å². The van der Waals surface area contributed by atoms with Crippen LogP contribution in [0.2, 0.25) is 0 Å². The zero-order valence-electron chi connectivity index (χ0n) is 11.2. The maximum absolute atomic E-state index is 11.6. The highest BCUT2D eigenvalue weighted by Crippen LogP contribution is 2.18. The molecule has 0 bridgehead atoms. The summed E-state index contributed by atoms with van der Waals surface area (Å²) < 4.78 is 10.5. The topological polar surface area (TPSA) is 71.7 Å². The fraction of sp³-hybridized carbons (Fsp3) is 0.267. The highest BCUT2D eigenvalue weighted by atomic mass is 16.5. The molecular formula is C15H17NO4. The highest BCUT2D eigenvalue weighted by molar-refractivity contribution is 5.77. The van der Waals surface area contributed by atoms with Gasteiger partial charge in [0.15, 0.2) is 6.61 Å². The van der Waals surface area contributed by atoms with E-state index in [1.165, 1.54) is 0 Å². The first-order valence-corrected chi connectivity index (χ1v) is 6.35. The molecule has 1 amide bonds. The summed E-state index contributed by atoms with van der Waals surface area (Å²) in [4.78, 5) is 11.6. The Hall–Kier alpha value is -2.27. The van der Waals surface area contributed by atoms with Crippen LogP contribution >= 0.6 is 0 Å². The van der Waals surface area contributed by atoms with Crippen molar-refractivity contribution in [2.45, 2.75) is 19.6 Å². The molecule has 0 fully saturated rings. The summed E-state index contributed by atoms with van der Waals surface area (Å²) in [6.45, 7) is 1.93. The summed E-state index contributed by atoms with van der Waals surface area (Å²) in [5.74, 6) is 1.01. The van der Waals surface area contributed by atoms with Crippen LogP contribution in [0.4, 0.5) is 0 Å². The number of benzene rings is 1. The largest absolute Gasteiger partial charge is 0.484 e. The molecule has 5 nitrogen and oxygen atoms in total. The van der Waals surface area contributed by atoms with Crippen molar-refractivity contribution in [1.29, 1.82) is 0 Å². The summed E-state index contributed by atoms with van der Waals surface area (Å²) in [7, 11) is 0. The number of hydrogen-bond acceptors (Lipinski definition) is 4. The molecule has 0 aliphatic rings. The van der Waals surface area contributed by atoms with Gasteiger partial charge in [0.05, 0.1) is 18.9 Å². The fourth-order valence-electron chi connectivity index (χ4n) is 1.66. The molecule has 0 saturated carbocycles. The van der Waals surface area contributed by atoms with E-state index >= 15 is 0 Å². The first kappa shape index (κ1) is 14.1. The van der Waals surface area contributed by atoms with Gasteiger partial charge in [-0.3, -0.25) is 4.79 Å². The first-order valence-electron chi connectivity index (χ1n) is 6.35. The minimum Gasteiger partial charge on any atom is -0.484 e. The van der Waals surface area contributed by atoms with E-state index in [0.717, 1.165) is 5.56 Å². The van der Waals surface area contributed by atoms with E-state index in [-0.39, 0.29) is 12.5 Å². The zero-order valence-corrected chi connectivity index (χ0v) is 11.2.